The van der Waals surface area contributed by atoms with Crippen molar-refractivity contribution in [2.45, 2.75) is 13.3 Å². The van der Waals surface area contributed by atoms with Gasteiger partial charge in [0.05, 0.1) is 14.2 Å². The minimum atomic E-state index is -0.304. The van der Waals surface area contributed by atoms with Gasteiger partial charge in [-0.3, -0.25) is 4.79 Å². The lowest BCUT2D eigenvalue weighted by atomic mass is 10.0. The van der Waals surface area contributed by atoms with E-state index in [4.69, 9.17) is 14.6 Å². The number of hydrogen-bond acceptors (Lipinski definition) is 5. The predicted octanol–water partition coefficient (Wildman–Crippen LogP) is 1.15. The van der Waals surface area contributed by atoms with E-state index in [2.05, 4.69) is 0 Å². The molecule has 94 valence electrons. The van der Waals surface area contributed by atoms with Crippen LogP contribution in [-0.2, 0) is 6.42 Å². The summed E-state index contributed by atoms with van der Waals surface area (Å²) in [5.41, 5.74) is 0.512. The molecule has 0 spiro atoms. The monoisotopic (exact) mass is 240 g/mol. The lowest BCUT2D eigenvalue weighted by molar-refractivity contribution is 0.101. The van der Waals surface area contributed by atoms with Gasteiger partial charge in [-0.15, -0.1) is 0 Å². The maximum atomic E-state index is 11.5. The highest BCUT2D eigenvalue weighted by Crippen LogP contribution is 2.38. The minimum Gasteiger partial charge on any atom is -0.507 e. The van der Waals surface area contributed by atoms with Crippen molar-refractivity contribution in [3.63, 3.8) is 0 Å². The van der Waals surface area contributed by atoms with Gasteiger partial charge >= 0.3 is 0 Å². The van der Waals surface area contributed by atoms with Crippen LogP contribution in [0.15, 0.2) is 6.07 Å². The van der Waals surface area contributed by atoms with Crippen molar-refractivity contribution in [3.05, 3.63) is 17.2 Å². The Bertz CT molecular complexity index is 425. The number of carbonyl (C=O) groups is 1. The topological polar surface area (TPSA) is 76.0 Å². The molecule has 0 aliphatic rings. The Kier molecular flexibility index (Phi) is 4.34. The lowest BCUT2D eigenvalue weighted by Gasteiger charge is -2.15. The molecule has 0 fully saturated rings. The van der Waals surface area contributed by atoms with Gasteiger partial charge in [0.15, 0.2) is 5.78 Å². The molecule has 0 saturated carbocycles. The van der Waals surface area contributed by atoms with Gasteiger partial charge in [0.25, 0.3) is 0 Å². The number of hydrogen-bond donors (Lipinski definition) is 2. The number of phenolic OH excluding ortho intramolecular Hbond substituents is 1. The highest BCUT2D eigenvalue weighted by atomic mass is 16.5. The summed E-state index contributed by atoms with van der Waals surface area (Å²) >= 11 is 0. The minimum absolute atomic E-state index is 0.108. The van der Waals surface area contributed by atoms with Crippen LogP contribution in [0.3, 0.4) is 0 Å². The summed E-state index contributed by atoms with van der Waals surface area (Å²) in [5.74, 6) is 0.149. The third kappa shape index (κ3) is 2.50. The average Bonchev–Trinajstić information content (AvgIpc) is 2.30. The van der Waals surface area contributed by atoms with Crippen LogP contribution in [0, 0.1) is 0 Å². The zero-order chi connectivity index (χ0) is 13.0. The zero-order valence-electron chi connectivity index (χ0n) is 10.1. The number of methoxy groups -OCH3 is 2. The fraction of sp³-hybridized carbons (Fsp3) is 0.417. The average molecular weight is 240 g/mol. The molecular formula is C12H16O5. The van der Waals surface area contributed by atoms with E-state index in [-0.39, 0.29) is 35.9 Å². The number of phenols is 1. The molecule has 0 amide bonds. The Morgan fingerprint density at radius 1 is 1.29 bits per heavy atom. The number of aliphatic hydroxyl groups excluding tert-OH is 1. The Hall–Kier alpha value is -1.75. The molecule has 1 rings (SSSR count). The number of carbonyl (C=O) groups excluding carboxylic acids is 1. The number of benzene rings is 1. The van der Waals surface area contributed by atoms with Crippen LogP contribution in [0.1, 0.15) is 22.8 Å². The molecule has 0 heterocycles. The second kappa shape index (κ2) is 5.54. The summed E-state index contributed by atoms with van der Waals surface area (Å²) in [6, 6.07) is 1.53. The molecule has 0 unspecified atom stereocenters. The number of ketones is 1. The highest BCUT2D eigenvalue weighted by molar-refractivity contribution is 6.00. The quantitative estimate of drug-likeness (QED) is 0.755. The van der Waals surface area contributed by atoms with Gasteiger partial charge in [-0.05, 0) is 6.92 Å². The molecule has 1 aromatic carbocycles. The van der Waals surface area contributed by atoms with Gasteiger partial charge in [-0.2, -0.15) is 0 Å². The van der Waals surface area contributed by atoms with E-state index in [9.17, 15) is 9.90 Å². The first-order chi connectivity index (χ1) is 8.06. The van der Waals surface area contributed by atoms with Gasteiger partial charge < -0.3 is 19.7 Å². The van der Waals surface area contributed by atoms with Gasteiger partial charge in [0.1, 0.15) is 22.8 Å². The first kappa shape index (κ1) is 13.3. The highest BCUT2D eigenvalue weighted by Gasteiger charge is 2.21. The van der Waals surface area contributed by atoms with E-state index in [1.165, 1.54) is 27.2 Å². The molecule has 5 heteroatoms. The fourth-order valence-electron chi connectivity index (χ4n) is 1.70. The van der Waals surface area contributed by atoms with E-state index in [1.807, 2.05) is 0 Å². The summed E-state index contributed by atoms with van der Waals surface area (Å²) in [6.45, 7) is 1.19. The predicted molar refractivity (Wildman–Crippen MR) is 62.0 cm³/mol. The van der Waals surface area contributed by atoms with Crippen LogP contribution >= 0.6 is 0 Å². The smallest absolute Gasteiger partial charge is 0.167 e. The van der Waals surface area contributed by atoms with Crippen molar-refractivity contribution in [1.82, 2.24) is 0 Å². The Morgan fingerprint density at radius 3 is 2.29 bits per heavy atom. The molecular weight excluding hydrogens is 224 g/mol. The van der Waals surface area contributed by atoms with E-state index < -0.39 is 0 Å². The fourth-order valence-corrected chi connectivity index (χ4v) is 1.70. The van der Waals surface area contributed by atoms with E-state index >= 15 is 0 Å². The maximum Gasteiger partial charge on any atom is 0.167 e. The molecule has 0 aromatic heterocycles. The number of aromatic hydroxyl groups is 1. The Balaban J connectivity index is 3.49. The molecule has 0 saturated heterocycles. The van der Waals surface area contributed by atoms with Crippen molar-refractivity contribution < 1.29 is 24.5 Å². The summed E-state index contributed by atoms with van der Waals surface area (Å²) in [5, 5.41) is 19.0. The van der Waals surface area contributed by atoms with Crippen LogP contribution in [0.5, 0.6) is 17.2 Å². The van der Waals surface area contributed by atoms with Crippen molar-refractivity contribution in [1.29, 1.82) is 0 Å². The molecule has 0 atom stereocenters. The van der Waals surface area contributed by atoms with Crippen LogP contribution in [-0.4, -0.2) is 36.8 Å². The van der Waals surface area contributed by atoms with Crippen molar-refractivity contribution in [2.24, 2.45) is 0 Å². The zero-order valence-corrected chi connectivity index (χ0v) is 10.1. The van der Waals surface area contributed by atoms with E-state index in [0.717, 1.165) is 0 Å². The third-order valence-electron chi connectivity index (χ3n) is 2.48. The summed E-state index contributed by atoms with van der Waals surface area (Å²) in [6.07, 6.45) is 0.208. The van der Waals surface area contributed by atoms with E-state index in [1.54, 1.807) is 0 Å². The second-order valence-corrected chi connectivity index (χ2v) is 3.51. The SMILES string of the molecule is COc1cc(OC)c(C(C)=O)c(O)c1CCO. The van der Waals surface area contributed by atoms with Crippen molar-refractivity contribution >= 4 is 5.78 Å². The van der Waals surface area contributed by atoms with Gasteiger partial charge in [-0.1, -0.05) is 0 Å². The Morgan fingerprint density at radius 2 is 1.88 bits per heavy atom. The number of ether oxygens (including phenoxy) is 2. The summed E-state index contributed by atoms with van der Waals surface area (Å²) < 4.78 is 10.1. The first-order valence-corrected chi connectivity index (χ1v) is 5.15. The first-order valence-electron chi connectivity index (χ1n) is 5.15. The lowest BCUT2D eigenvalue weighted by Crippen LogP contribution is -2.04. The van der Waals surface area contributed by atoms with Crippen LogP contribution in [0.4, 0.5) is 0 Å². The molecule has 2 N–H and O–H groups in total. The van der Waals surface area contributed by atoms with Gasteiger partial charge in [0, 0.05) is 24.7 Å². The maximum absolute atomic E-state index is 11.5. The molecule has 0 aliphatic carbocycles. The van der Waals surface area contributed by atoms with Crippen molar-refractivity contribution in [3.8, 4) is 17.2 Å². The van der Waals surface area contributed by atoms with Gasteiger partial charge in [0.2, 0.25) is 0 Å². The summed E-state index contributed by atoms with van der Waals surface area (Å²) in [7, 11) is 2.86. The molecule has 0 radical (unpaired) electrons. The van der Waals surface area contributed by atoms with Crippen LogP contribution in [0.2, 0.25) is 0 Å². The largest absolute Gasteiger partial charge is 0.507 e. The number of aliphatic hydroxyl groups is 1. The summed E-state index contributed by atoms with van der Waals surface area (Å²) in [4.78, 5) is 11.5. The van der Waals surface area contributed by atoms with Crippen LogP contribution < -0.4 is 9.47 Å². The number of rotatable bonds is 5. The molecule has 5 nitrogen and oxygen atoms in total. The Labute approximate surface area is 99.6 Å². The molecule has 1 aromatic rings. The second-order valence-electron chi connectivity index (χ2n) is 3.51. The standard InChI is InChI=1S/C12H16O5/c1-7(14)11-10(17-3)6-9(16-2)8(4-5-13)12(11)15/h6,13,15H,4-5H2,1-3H3. The van der Waals surface area contributed by atoms with Crippen molar-refractivity contribution in [2.75, 3.05) is 20.8 Å². The molecule has 0 bridgehead atoms. The van der Waals surface area contributed by atoms with E-state index in [0.29, 0.717) is 11.3 Å². The number of Topliss-reactive ketones (excluding diaryl/α,β-unsaturated/α-hetero) is 1. The van der Waals surface area contributed by atoms with Gasteiger partial charge in [-0.25, -0.2) is 0 Å². The normalized spacial score (nSPS) is 10.1. The molecule has 17 heavy (non-hydrogen) atoms. The van der Waals surface area contributed by atoms with Crippen LogP contribution in [0.25, 0.3) is 0 Å². The molecule has 0 aliphatic heterocycles. The third-order valence-corrected chi connectivity index (χ3v) is 2.48.